The number of imidazole rings is 1. The summed E-state index contributed by atoms with van der Waals surface area (Å²) in [4.78, 5) is 15.7. The van der Waals surface area contributed by atoms with Gasteiger partial charge in [0.05, 0.1) is 23.9 Å². The summed E-state index contributed by atoms with van der Waals surface area (Å²) >= 11 is 0. The number of amides is 1. The molecule has 0 spiro atoms. The zero-order valence-corrected chi connectivity index (χ0v) is 11.4. The number of carbonyl (C=O) groups is 1. The topological polar surface area (TPSA) is 72.9 Å². The molecule has 2 rings (SSSR count). The number of para-hydroxylation sites is 1. The van der Waals surface area contributed by atoms with Crippen molar-refractivity contribution >= 4 is 11.6 Å². The molecule has 0 aliphatic carbocycles. The van der Waals surface area contributed by atoms with Crippen LogP contribution >= 0.6 is 0 Å². The normalized spacial score (nSPS) is 12.4. The van der Waals surface area contributed by atoms with Crippen molar-refractivity contribution in [3.63, 3.8) is 0 Å². The SMILES string of the molecule is CC(C)n1cncc1C(Nc1ccccc1F)C(N)=O. The highest BCUT2D eigenvalue weighted by Crippen LogP contribution is 2.23. The molecule has 1 aromatic heterocycles. The summed E-state index contributed by atoms with van der Waals surface area (Å²) in [5, 5.41) is 2.83. The first-order valence-corrected chi connectivity index (χ1v) is 6.32. The van der Waals surface area contributed by atoms with E-state index in [1.165, 1.54) is 6.07 Å². The Hall–Kier alpha value is -2.37. The minimum absolute atomic E-state index is 0.122. The van der Waals surface area contributed by atoms with E-state index in [1.807, 2.05) is 18.4 Å². The maximum absolute atomic E-state index is 13.7. The molecule has 2 aromatic rings. The Bertz CT molecular complexity index is 609. The average molecular weight is 276 g/mol. The monoisotopic (exact) mass is 276 g/mol. The number of aromatic nitrogens is 2. The van der Waals surface area contributed by atoms with Crippen LogP contribution in [-0.4, -0.2) is 15.5 Å². The van der Waals surface area contributed by atoms with Gasteiger partial charge in [-0.25, -0.2) is 9.37 Å². The van der Waals surface area contributed by atoms with E-state index in [0.29, 0.717) is 5.69 Å². The van der Waals surface area contributed by atoms with Gasteiger partial charge in [-0.05, 0) is 26.0 Å². The van der Waals surface area contributed by atoms with E-state index in [9.17, 15) is 9.18 Å². The number of halogens is 1. The van der Waals surface area contributed by atoms with E-state index in [2.05, 4.69) is 10.3 Å². The van der Waals surface area contributed by atoms with Gasteiger partial charge in [0, 0.05) is 6.04 Å². The van der Waals surface area contributed by atoms with E-state index in [1.54, 1.807) is 30.7 Å². The molecule has 20 heavy (non-hydrogen) atoms. The lowest BCUT2D eigenvalue weighted by Crippen LogP contribution is -2.30. The van der Waals surface area contributed by atoms with Gasteiger partial charge in [0.15, 0.2) is 0 Å². The van der Waals surface area contributed by atoms with E-state index in [0.717, 1.165) is 0 Å². The minimum atomic E-state index is -0.836. The molecular formula is C14H17FN4O. The first-order valence-electron chi connectivity index (χ1n) is 6.32. The lowest BCUT2D eigenvalue weighted by atomic mass is 10.1. The van der Waals surface area contributed by atoms with Crippen LogP contribution in [0.15, 0.2) is 36.8 Å². The number of rotatable bonds is 5. The molecule has 3 N–H and O–H groups in total. The molecule has 0 radical (unpaired) electrons. The number of carbonyl (C=O) groups excluding carboxylic acids is 1. The highest BCUT2D eigenvalue weighted by Gasteiger charge is 2.23. The maximum Gasteiger partial charge on any atom is 0.246 e. The molecule has 0 fully saturated rings. The second kappa shape index (κ2) is 5.73. The molecule has 1 amide bonds. The van der Waals surface area contributed by atoms with Crippen LogP contribution in [0.3, 0.4) is 0 Å². The van der Waals surface area contributed by atoms with E-state index in [-0.39, 0.29) is 11.7 Å². The van der Waals surface area contributed by atoms with Crippen molar-refractivity contribution in [3.8, 4) is 0 Å². The molecule has 1 atom stereocenters. The smallest absolute Gasteiger partial charge is 0.246 e. The van der Waals surface area contributed by atoms with Gasteiger partial charge in [-0.2, -0.15) is 0 Å². The van der Waals surface area contributed by atoms with Crippen LogP contribution in [0, 0.1) is 5.82 Å². The van der Waals surface area contributed by atoms with Gasteiger partial charge in [0.25, 0.3) is 0 Å². The Morgan fingerprint density at radius 2 is 2.10 bits per heavy atom. The number of nitrogens with one attached hydrogen (secondary N) is 1. The highest BCUT2D eigenvalue weighted by molar-refractivity contribution is 5.84. The number of hydrogen-bond acceptors (Lipinski definition) is 3. The second-order valence-electron chi connectivity index (χ2n) is 4.78. The first kappa shape index (κ1) is 14.0. The molecule has 1 unspecified atom stereocenters. The third-order valence-corrected chi connectivity index (χ3v) is 3.01. The maximum atomic E-state index is 13.7. The van der Waals surface area contributed by atoms with Crippen molar-refractivity contribution in [3.05, 3.63) is 48.3 Å². The Balaban J connectivity index is 2.35. The number of benzene rings is 1. The van der Waals surface area contributed by atoms with Crippen LogP contribution in [0.4, 0.5) is 10.1 Å². The van der Waals surface area contributed by atoms with E-state index in [4.69, 9.17) is 5.73 Å². The lowest BCUT2D eigenvalue weighted by molar-refractivity contribution is -0.119. The summed E-state index contributed by atoms with van der Waals surface area (Å²) in [7, 11) is 0. The third-order valence-electron chi connectivity index (χ3n) is 3.01. The molecule has 1 heterocycles. The van der Waals surface area contributed by atoms with Gasteiger partial charge in [-0.1, -0.05) is 12.1 Å². The van der Waals surface area contributed by atoms with Gasteiger partial charge in [-0.15, -0.1) is 0 Å². The van der Waals surface area contributed by atoms with Crippen LogP contribution < -0.4 is 11.1 Å². The quantitative estimate of drug-likeness (QED) is 0.879. The Morgan fingerprint density at radius 3 is 2.70 bits per heavy atom. The Morgan fingerprint density at radius 1 is 1.40 bits per heavy atom. The first-order chi connectivity index (χ1) is 9.50. The summed E-state index contributed by atoms with van der Waals surface area (Å²) in [6.45, 7) is 3.93. The van der Waals surface area contributed by atoms with Crippen molar-refractivity contribution in [1.82, 2.24) is 9.55 Å². The predicted octanol–water partition coefficient (Wildman–Crippen LogP) is 2.24. The molecule has 1 aromatic carbocycles. The number of nitrogens with two attached hydrogens (primary N) is 1. The fraction of sp³-hybridized carbons (Fsp3) is 0.286. The Kier molecular flexibility index (Phi) is 4.02. The van der Waals surface area contributed by atoms with Crippen molar-refractivity contribution in [1.29, 1.82) is 0 Å². The number of nitrogens with zero attached hydrogens (tertiary/aromatic N) is 2. The molecule has 0 aliphatic heterocycles. The largest absolute Gasteiger partial charge is 0.368 e. The molecule has 0 saturated heterocycles. The summed E-state index contributed by atoms with van der Waals surface area (Å²) in [6, 6.07) is 5.43. The van der Waals surface area contributed by atoms with Crippen molar-refractivity contribution < 1.29 is 9.18 Å². The second-order valence-corrected chi connectivity index (χ2v) is 4.78. The third kappa shape index (κ3) is 2.79. The highest BCUT2D eigenvalue weighted by atomic mass is 19.1. The van der Waals surface area contributed by atoms with Gasteiger partial charge < -0.3 is 15.6 Å². The van der Waals surface area contributed by atoms with Crippen LogP contribution in [0.25, 0.3) is 0 Å². The van der Waals surface area contributed by atoms with Crippen molar-refractivity contribution in [2.24, 2.45) is 5.73 Å². The minimum Gasteiger partial charge on any atom is -0.368 e. The average Bonchev–Trinajstić information content (AvgIpc) is 2.86. The van der Waals surface area contributed by atoms with Crippen LogP contribution in [0.5, 0.6) is 0 Å². The molecule has 0 saturated carbocycles. The van der Waals surface area contributed by atoms with E-state index < -0.39 is 17.8 Å². The van der Waals surface area contributed by atoms with Gasteiger partial charge in [0.2, 0.25) is 5.91 Å². The van der Waals surface area contributed by atoms with Gasteiger partial charge in [0.1, 0.15) is 11.9 Å². The van der Waals surface area contributed by atoms with Crippen LogP contribution in [0.1, 0.15) is 31.6 Å². The summed E-state index contributed by atoms with van der Waals surface area (Å²) in [5.41, 5.74) is 6.27. The predicted molar refractivity (Wildman–Crippen MR) is 74.6 cm³/mol. The lowest BCUT2D eigenvalue weighted by Gasteiger charge is -2.20. The van der Waals surface area contributed by atoms with E-state index >= 15 is 0 Å². The fourth-order valence-electron chi connectivity index (χ4n) is 1.99. The molecule has 0 aliphatic rings. The van der Waals surface area contributed by atoms with Crippen LogP contribution in [0.2, 0.25) is 0 Å². The van der Waals surface area contributed by atoms with Crippen molar-refractivity contribution in [2.45, 2.75) is 25.9 Å². The Labute approximate surface area is 116 Å². The fourth-order valence-corrected chi connectivity index (χ4v) is 1.99. The summed E-state index contributed by atoms with van der Waals surface area (Å²) in [5.74, 6) is -1.02. The van der Waals surface area contributed by atoms with Crippen molar-refractivity contribution in [2.75, 3.05) is 5.32 Å². The zero-order chi connectivity index (χ0) is 14.7. The van der Waals surface area contributed by atoms with Gasteiger partial charge in [-0.3, -0.25) is 4.79 Å². The standard InChI is InChI=1S/C14H17FN4O/c1-9(2)19-8-17-7-12(19)13(14(16)20)18-11-6-4-3-5-10(11)15/h3-9,13,18H,1-2H3,(H2,16,20). The molecule has 6 heteroatoms. The number of hydrogen-bond donors (Lipinski definition) is 2. The van der Waals surface area contributed by atoms with Crippen LogP contribution in [-0.2, 0) is 4.79 Å². The molecule has 106 valence electrons. The number of primary amides is 1. The molecule has 0 bridgehead atoms. The zero-order valence-electron chi connectivity index (χ0n) is 11.4. The molecule has 5 nitrogen and oxygen atoms in total. The summed E-state index contributed by atoms with van der Waals surface area (Å²) < 4.78 is 15.5. The summed E-state index contributed by atoms with van der Waals surface area (Å²) in [6.07, 6.45) is 3.18. The molecular weight excluding hydrogens is 259 g/mol. The van der Waals surface area contributed by atoms with Gasteiger partial charge >= 0.3 is 0 Å². The number of anilines is 1.